The Bertz CT molecular complexity index is 560. The Labute approximate surface area is 126 Å². The molecular weight excluding hydrogens is 324 g/mol. The SMILES string of the molecule is C=C(CN1Cc2c(Br)ccc(N)c2C1=O)C(O)OCC. The van der Waals surface area contributed by atoms with Crippen LogP contribution in [0.4, 0.5) is 5.69 Å². The van der Waals surface area contributed by atoms with E-state index in [0.717, 1.165) is 10.0 Å². The summed E-state index contributed by atoms with van der Waals surface area (Å²) in [7, 11) is 0. The number of carbonyl (C=O) groups is 1. The standard InChI is InChI=1S/C14H17BrN2O3/c1-3-20-14(19)8(2)6-17-7-9-10(15)4-5-11(16)12(9)13(17)18/h4-5,14,19H,2-3,6-7,16H2,1H3. The smallest absolute Gasteiger partial charge is 0.256 e. The number of hydrogen-bond acceptors (Lipinski definition) is 4. The molecule has 6 heteroatoms. The van der Waals surface area contributed by atoms with E-state index in [1.807, 2.05) is 6.07 Å². The van der Waals surface area contributed by atoms with Gasteiger partial charge in [0.1, 0.15) is 0 Å². The van der Waals surface area contributed by atoms with Crippen molar-refractivity contribution in [3.05, 3.63) is 39.9 Å². The fraction of sp³-hybridized carbons (Fsp3) is 0.357. The third kappa shape index (κ3) is 2.72. The molecule has 1 atom stereocenters. The monoisotopic (exact) mass is 340 g/mol. The number of benzene rings is 1. The molecule has 0 aromatic heterocycles. The molecule has 0 fully saturated rings. The highest BCUT2D eigenvalue weighted by Crippen LogP contribution is 2.33. The van der Waals surface area contributed by atoms with Gasteiger partial charge in [-0.05, 0) is 24.6 Å². The van der Waals surface area contributed by atoms with Crippen molar-refractivity contribution in [3.63, 3.8) is 0 Å². The Morgan fingerprint density at radius 3 is 2.95 bits per heavy atom. The van der Waals surface area contributed by atoms with Gasteiger partial charge < -0.3 is 20.5 Å². The number of ether oxygens (including phenoxy) is 1. The van der Waals surface area contributed by atoms with E-state index in [-0.39, 0.29) is 12.5 Å². The molecule has 108 valence electrons. The van der Waals surface area contributed by atoms with Crippen molar-refractivity contribution in [1.29, 1.82) is 0 Å². The number of anilines is 1. The number of nitrogens with zero attached hydrogens (tertiary/aromatic N) is 1. The zero-order valence-corrected chi connectivity index (χ0v) is 12.8. The fourth-order valence-electron chi connectivity index (χ4n) is 2.20. The van der Waals surface area contributed by atoms with E-state index in [9.17, 15) is 9.90 Å². The number of amides is 1. The molecule has 20 heavy (non-hydrogen) atoms. The second-order valence-corrected chi connectivity index (χ2v) is 5.47. The van der Waals surface area contributed by atoms with E-state index >= 15 is 0 Å². The van der Waals surface area contributed by atoms with Crippen LogP contribution in [0.15, 0.2) is 28.8 Å². The lowest BCUT2D eigenvalue weighted by molar-refractivity contribution is -0.0695. The molecule has 1 aliphatic rings. The number of carbonyl (C=O) groups excluding carboxylic acids is 1. The minimum atomic E-state index is -1.06. The number of halogens is 1. The van der Waals surface area contributed by atoms with Crippen molar-refractivity contribution < 1.29 is 14.6 Å². The number of aliphatic hydroxyl groups is 1. The minimum Gasteiger partial charge on any atom is -0.398 e. The first-order valence-corrected chi connectivity index (χ1v) is 7.08. The van der Waals surface area contributed by atoms with Crippen LogP contribution < -0.4 is 5.73 Å². The first kappa shape index (κ1) is 15.0. The lowest BCUT2D eigenvalue weighted by atomic mass is 10.1. The van der Waals surface area contributed by atoms with Crippen LogP contribution >= 0.6 is 15.9 Å². The van der Waals surface area contributed by atoms with Gasteiger partial charge in [0.15, 0.2) is 6.29 Å². The Hall–Kier alpha value is -1.37. The Balaban J connectivity index is 2.15. The Morgan fingerprint density at radius 2 is 2.35 bits per heavy atom. The molecular formula is C14H17BrN2O3. The highest BCUT2D eigenvalue weighted by atomic mass is 79.9. The van der Waals surface area contributed by atoms with Gasteiger partial charge in [-0.2, -0.15) is 0 Å². The largest absolute Gasteiger partial charge is 0.398 e. The molecule has 0 spiro atoms. The maximum Gasteiger partial charge on any atom is 0.256 e. The summed E-state index contributed by atoms with van der Waals surface area (Å²) >= 11 is 3.43. The number of aliphatic hydroxyl groups excluding tert-OH is 1. The summed E-state index contributed by atoms with van der Waals surface area (Å²) in [5, 5.41) is 9.70. The van der Waals surface area contributed by atoms with Crippen LogP contribution in [0, 0.1) is 0 Å². The van der Waals surface area contributed by atoms with Gasteiger partial charge in [-0.3, -0.25) is 4.79 Å². The highest BCUT2D eigenvalue weighted by molar-refractivity contribution is 9.10. The second-order valence-electron chi connectivity index (χ2n) is 4.62. The van der Waals surface area contributed by atoms with Crippen LogP contribution in [-0.2, 0) is 11.3 Å². The maximum absolute atomic E-state index is 12.3. The summed E-state index contributed by atoms with van der Waals surface area (Å²) < 4.78 is 5.91. The van der Waals surface area contributed by atoms with Gasteiger partial charge in [-0.25, -0.2) is 0 Å². The Kier molecular flexibility index (Phi) is 4.47. The van der Waals surface area contributed by atoms with Crippen LogP contribution in [0.5, 0.6) is 0 Å². The van der Waals surface area contributed by atoms with E-state index in [0.29, 0.717) is 30.0 Å². The lowest BCUT2D eigenvalue weighted by Crippen LogP contribution is -2.30. The topological polar surface area (TPSA) is 75.8 Å². The maximum atomic E-state index is 12.3. The molecule has 1 aromatic carbocycles. The summed E-state index contributed by atoms with van der Waals surface area (Å²) in [5.41, 5.74) is 8.17. The molecule has 0 aliphatic carbocycles. The zero-order chi connectivity index (χ0) is 14.9. The lowest BCUT2D eigenvalue weighted by Gasteiger charge is -2.20. The van der Waals surface area contributed by atoms with Crippen LogP contribution in [-0.4, -0.2) is 35.4 Å². The van der Waals surface area contributed by atoms with Crippen LogP contribution in [0.2, 0.25) is 0 Å². The molecule has 1 aliphatic heterocycles. The number of hydrogen-bond donors (Lipinski definition) is 2. The molecule has 3 N–H and O–H groups in total. The highest BCUT2D eigenvalue weighted by Gasteiger charge is 2.31. The van der Waals surface area contributed by atoms with Crippen molar-refractivity contribution in [2.75, 3.05) is 18.9 Å². The molecule has 1 unspecified atom stereocenters. The molecule has 1 heterocycles. The van der Waals surface area contributed by atoms with Gasteiger partial charge in [0.05, 0.1) is 5.56 Å². The van der Waals surface area contributed by atoms with Crippen LogP contribution in [0.1, 0.15) is 22.8 Å². The minimum absolute atomic E-state index is 0.149. The summed E-state index contributed by atoms with van der Waals surface area (Å²) in [6, 6.07) is 3.53. The number of fused-ring (bicyclic) bond motifs is 1. The first-order chi connectivity index (χ1) is 9.45. The molecule has 0 saturated heterocycles. The molecule has 0 bridgehead atoms. The van der Waals surface area contributed by atoms with E-state index < -0.39 is 6.29 Å². The average Bonchev–Trinajstić information content (AvgIpc) is 2.73. The van der Waals surface area contributed by atoms with E-state index in [4.69, 9.17) is 10.5 Å². The normalized spacial score (nSPS) is 15.3. The third-order valence-electron chi connectivity index (χ3n) is 3.21. The van der Waals surface area contributed by atoms with Crippen LogP contribution in [0.25, 0.3) is 0 Å². The summed E-state index contributed by atoms with van der Waals surface area (Å²) in [6.45, 7) is 6.61. The second kappa shape index (κ2) is 5.95. The first-order valence-electron chi connectivity index (χ1n) is 6.29. The van der Waals surface area contributed by atoms with Gasteiger partial charge in [-0.15, -0.1) is 0 Å². The van der Waals surface area contributed by atoms with Crippen molar-refractivity contribution in [1.82, 2.24) is 4.90 Å². The number of rotatable bonds is 5. The van der Waals surface area contributed by atoms with Crippen molar-refractivity contribution in [3.8, 4) is 0 Å². The summed E-state index contributed by atoms with van der Waals surface area (Å²) in [4.78, 5) is 13.9. The Morgan fingerprint density at radius 1 is 1.65 bits per heavy atom. The van der Waals surface area contributed by atoms with Crippen molar-refractivity contribution in [2.45, 2.75) is 19.8 Å². The van der Waals surface area contributed by atoms with Crippen LogP contribution in [0.3, 0.4) is 0 Å². The van der Waals surface area contributed by atoms with Gasteiger partial charge in [0.25, 0.3) is 5.91 Å². The van der Waals surface area contributed by atoms with Gasteiger partial charge in [0, 0.05) is 35.4 Å². The molecule has 0 radical (unpaired) electrons. The molecule has 2 rings (SSSR count). The average molecular weight is 341 g/mol. The van der Waals surface area contributed by atoms with E-state index in [1.165, 1.54) is 0 Å². The summed E-state index contributed by atoms with van der Waals surface area (Å²) in [5.74, 6) is -0.149. The predicted octanol–water partition coefficient (Wildman–Crippen LogP) is 1.90. The third-order valence-corrected chi connectivity index (χ3v) is 3.95. The van der Waals surface area contributed by atoms with Crippen molar-refractivity contribution in [2.24, 2.45) is 0 Å². The number of nitrogen functional groups attached to an aromatic ring is 1. The van der Waals surface area contributed by atoms with Gasteiger partial charge in [0.2, 0.25) is 0 Å². The molecule has 1 amide bonds. The fourth-order valence-corrected chi connectivity index (χ4v) is 2.65. The number of nitrogens with two attached hydrogens (primary N) is 1. The van der Waals surface area contributed by atoms with Gasteiger partial charge >= 0.3 is 0 Å². The molecule has 0 saturated carbocycles. The van der Waals surface area contributed by atoms with E-state index in [1.54, 1.807) is 17.9 Å². The molecule has 1 aromatic rings. The zero-order valence-electron chi connectivity index (χ0n) is 11.2. The van der Waals surface area contributed by atoms with Gasteiger partial charge in [-0.1, -0.05) is 22.5 Å². The predicted molar refractivity (Wildman–Crippen MR) is 80.1 cm³/mol. The quantitative estimate of drug-likeness (QED) is 0.487. The summed E-state index contributed by atoms with van der Waals surface area (Å²) in [6.07, 6.45) is -1.06. The van der Waals surface area contributed by atoms with E-state index in [2.05, 4.69) is 22.5 Å². The van der Waals surface area contributed by atoms with Crippen molar-refractivity contribution >= 4 is 27.5 Å². The molecule has 5 nitrogen and oxygen atoms in total.